The highest BCUT2D eigenvalue weighted by Crippen LogP contribution is 2.32. The lowest BCUT2D eigenvalue weighted by molar-refractivity contribution is -0.124. The normalized spacial score (nSPS) is 15.6. The topological polar surface area (TPSA) is 93.7 Å². The summed E-state index contributed by atoms with van der Waals surface area (Å²) in [6.45, 7) is 5.87. The van der Waals surface area contributed by atoms with Crippen molar-refractivity contribution in [1.29, 1.82) is 0 Å². The van der Waals surface area contributed by atoms with Crippen molar-refractivity contribution in [2.45, 2.75) is 50.6 Å². The van der Waals surface area contributed by atoms with E-state index in [4.69, 9.17) is 9.47 Å². The molecule has 3 rings (SSSR count). The second-order valence-corrected chi connectivity index (χ2v) is 10.0. The number of rotatable bonds is 8. The van der Waals surface area contributed by atoms with Crippen LogP contribution in [0.3, 0.4) is 0 Å². The highest BCUT2D eigenvalue weighted by atomic mass is 32.2. The van der Waals surface area contributed by atoms with Gasteiger partial charge in [0.1, 0.15) is 17.7 Å². The Morgan fingerprint density at radius 2 is 1.67 bits per heavy atom. The molecule has 2 aromatic carbocycles. The van der Waals surface area contributed by atoms with Crippen LogP contribution >= 0.6 is 0 Å². The Bertz CT molecular complexity index is 1090. The molecule has 0 saturated carbocycles. The van der Waals surface area contributed by atoms with Crippen molar-refractivity contribution < 1.29 is 31.5 Å². The summed E-state index contributed by atoms with van der Waals surface area (Å²) >= 11 is 0. The van der Waals surface area contributed by atoms with Crippen LogP contribution in [0, 0.1) is 17.6 Å². The van der Waals surface area contributed by atoms with Crippen molar-refractivity contribution in [3.05, 3.63) is 53.6 Å². The predicted molar refractivity (Wildman–Crippen MR) is 119 cm³/mol. The maximum atomic E-state index is 13.9. The van der Waals surface area contributed by atoms with Crippen molar-refractivity contribution in [1.82, 2.24) is 10.0 Å². The van der Waals surface area contributed by atoms with E-state index >= 15 is 0 Å². The van der Waals surface area contributed by atoms with Crippen LogP contribution in [0.1, 0.15) is 32.8 Å². The smallest absolute Gasteiger partial charge is 0.241 e. The number of hydrogen-bond acceptors (Lipinski definition) is 5. The quantitative estimate of drug-likeness (QED) is 0.603. The molecule has 0 spiro atoms. The van der Waals surface area contributed by atoms with Gasteiger partial charge in [-0.05, 0) is 43.5 Å². The van der Waals surface area contributed by atoms with Crippen molar-refractivity contribution in [3.63, 3.8) is 0 Å². The third kappa shape index (κ3) is 6.20. The maximum absolute atomic E-state index is 13.9. The highest BCUT2D eigenvalue weighted by Gasteiger charge is 2.30. The molecule has 2 aromatic rings. The van der Waals surface area contributed by atoms with Crippen LogP contribution < -0.4 is 19.5 Å². The van der Waals surface area contributed by atoms with E-state index in [1.807, 2.05) is 0 Å². The third-order valence-electron chi connectivity index (χ3n) is 5.22. The summed E-state index contributed by atoms with van der Waals surface area (Å²) in [7, 11) is -4.07. The summed E-state index contributed by atoms with van der Waals surface area (Å²) in [6, 6.07) is 6.09. The molecule has 2 unspecified atom stereocenters. The largest absolute Gasteiger partial charge is 0.490 e. The van der Waals surface area contributed by atoms with Gasteiger partial charge in [-0.25, -0.2) is 17.2 Å². The number of fused-ring (bicyclic) bond motifs is 1. The van der Waals surface area contributed by atoms with Gasteiger partial charge in [0.05, 0.1) is 18.1 Å². The first-order valence-corrected chi connectivity index (χ1v) is 12.2. The van der Waals surface area contributed by atoms with E-state index in [1.165, 1.54) is 24.3 Å². The summed E-state index contributed by atoms with van der Waals surface area (Å²) in [5.74, 6) is -1.61. The average molecular weight is 483 g/mol. The highest BCUT2D eigenvalue weighted by molar-refractivity contribution is 7.89. The molecule has 2 atom stereocenters. The zero-order valence-corrected chi connectivity index (χ0v) is 19.5. The predicted octanol–water partition coefficient (Wildman–Crippen LogP) is 3.18. The first-order valence-electron chi connectivity index (χ1n) is 10.7. The number of carbonyl (C=O) groups is 1. The number of hydrogen-bond donors (Lipinski definition) is 2. The molecule has 10 heteroatoms. The number of amides is 1. The number of halogens is 2. The van der Waals surface area contributed by atoms with Crippen LogP contribution in [0.25, 0.3) is 0 Å². The van der Waals surface area contributed by atoms with E-state index in [-0.39, 0.29) is 16.9 Å². The lowest BCUT2D eigenvalue weighted by Gasteiger charge is -2.24. The van der Waals surface area contributed by atoms with Gasteiger partial charge in [0.2, 0.25) is 15.9 Å². The molecule has 1 heterocycles. The van der Waals surface area contributed by atoms with Crippen molar-refractivity contribution in [2.24, 2.45) is 5.92 Å². The van der Waals surface area contributed by atoms with Gasteiger partial charge in [-0.2, -0.15) is 4.72 Å². The van der Waals surface area contributed by atoms with Crippen LogP contribution in [0.4, 0.5) is 8.78 Å². The van der Waals surface area contributed by atoms with E-state index in [2.05, 4.69) is 10.0 Å². The number of carbonyl (C=O) groups excluding carboxylic acids is 1. The fourth-order valence-corrected chi connectivity index (χ4v) is 4.81. The molecule has 33 heavy (non-hydrogen) atoms. The van der Waals surface area contributed by atoms with Gasteiger partial charge in [0.25, 0.3) is 0 Å². The molecule has 0 aliphatic carbocycles. The standard InChI is InChI=1S/C23H28F2N2O5S/c1-14(2)22(23(28)26-15(3)12-17-18(24)6-4-7-19(17)25)27-33(29,30)16-8-9-20-21(13-16)32-11-5-10-31-20/h4,6-9,13-15,22,27H,5,10-12H2,1-3H3,(H,26,28). The maximum Gasteiger partial charge on any atom is 0.241 e. The first kappa shape index (κ1) is 24.9. The Kier molecular flexibility index (Phi) is 7.91. The number of sulfonamides is 1. The summed E-state index contributed by atoms with van der Waals surface area (Å²) < 4.78 is 67.4. The summed E-state index contributed by atoms with van der Waals surface area (Å²) in [5, 5.41) is 2.65. The molecular formula is C23H28F2N2O5S. The Morgan fingerprint density at radius 3 is 2.30 bits per heavy atom. The van der Waals surface area contributed by atoms with Gasteiger partial charge < -0.3 is 14.8 Å². The lowest BCUT2D eigenvalue weighted by Crippen LogP contribution is -2.51. The SMILES string of the molecule is CC(Cc1c(F)cccc1F)NC(=O)C(NS(=O)(=O)c1ccc2c(c1)OCCCO2)C(C)C. The van der Waals surface area contributed by atoms with Crippen LogP contribution in [0.5, 0.6) is 11.5 Å². The summed E-state index contributed by atoms with van der Waals surface area (Å²) in [4.78, 5) is 12.8. The van der Waals surface area contributed by atoms with E-state index in [9.17, 15) is 22.0 Å². The number of nitrogens with one attached hydrogen (secondary N) is 2. The van der Waals surface area contributed by atoms with E-state index in [0.717, 1.165) is 12.1 Å². The van der Waals surface area contributed by atoms with Crippen LogP contribution in [0.2, 0.25) is 0 Å². The molecule has 7 nitrogen and oxygen atoms in total. The second-order valence-electron chi connectivity index (χ2n) is 8.32. The van der Waals surface area contributed by atoms with Crippen molar-refractivity contribution in [2.75, 3.05) is 13.2 Å². The first-order chi connectivity index (χ1) is 15.6. The minimum Gasteiger partial charge on any atom is -0.490 e. The molecule has 0 aromatic heterocycles. The molecule has 1 aliphatic rings. The Balaban J connectivity index is 1.73. The zero-order valence-electron chi connectivity index (χ0n) is 18.7. The molecule has 0 bridgehead atoms. The van der Waals surface area contributed by atoms with Crippen LogP contribution in [0.15, 0.2) is 41.3 Å². The summed E-state index contributed by atoms with van der Waals surface area (Å²) in [6.07, 6.45) is 0.601. The molecule has 0 saturated heterocycles. The molecular weight excluding hydrogens is 454 g/mol. The number of ether oxygens (including phenoxy) is 2. The molecule has 0 fully saturated rings. The zero-order chi connectivity index (χ0) is 24.2. The van der Waals surface area contributed by atoms with Crippen LogP contribution in [-0.2, 0) is 21.2 Å². The van der Waals surface area contributed by atoms with E-state index < -0.39 is 45.6 Å². The minimum atomic E-state index is -4.07. The Morgan fingerprint density at radius 1 is 1.03 bits per heavy atom. The number of benzene rings is 2. The van der Waals surface area contributed by atoms with Gasteiger partial charge in [0.15, 0.2) is 11.5 Å². The van der Waals surface area contributed by atoms with Crippen LogP contribution in [-0.4, -0.2) is 39.6 Å². The van der Waals surface area contributed by atoms with E-state index in [0.29, 0.717) is 31.1 Å². The van der Waals surface area contributed by atoms with Gasteiger partial charge in [-0.1, -0.05) is 19.9 Å². The molecule has 1 amide bonds. The lowest BCUT2D eigenvalue weighted by atomic mass is 10.0. The molecule has 2 N–H and O–H groups in total. The minimum absolute atomic E-state index is 0.0633. The van der Waals surface area contributed by atoms with Gasteiger partial charge in [0, 0.05) is 24.1 Å². The third-order valence-corrected chi connectivity index (χ3v) is 6.66. The molecule has 180 valence electrons. The van der Waals surface area contributed by atoms with Gasteiger partial charge >= 0.3 is 0 Å². The van der Waals surface area contributed by atoms with Crippen molar-refractivity contribution >= 4 is 15.9 Å². The second kappa shape index (κ2) is 10.5. The fourth-order valence-electron chi connectivity index (χ4n) is 3.46. The Hall–Kier alpha value is -2.72. The van der Waals surface area contributed by atoms with Gasteiger partial charge in [-0.3, -0.25) is 4.79 Å². The average Bonchev–Trinajstić information content (AvgIpc) is 2.99. The fraction of sp³-hybridized carbons (Fsp3) is 0.435. The monoisotopic (exact) mass is 482 g/mol. The van der Waals surface area contributed by atoms with Gasteiger partial charge in [-0.15, -0.1) is 0 Å². The van der Waals surface area contributed by atoms with Crippen molar-refractivity contribution in [3.8, 4) is 11.5 Å². The Labute approximate surface area is 192 Å². The summed E-state index contributed by atoms with van der Waals surface area (Å²) in [5.41, 5.74) is -0.140. The van der Waals surface area contributed by atoms with E-state index in [1.54, 1.807) is 20.8 Å². The molecule has 1 aliphatic heterocycles. The molecule has 0 radical (unpaired) electrons.